The van der Waals surface area contributed by atoms with E-state index in [9.17, 15) is 5.11 Å². The first kappa shape index (κ1) is 11.9. The van der Waals surface area contributed by atoms with Crippen LogP contribution in [0.1, 0.15) is 57.8 Å². The Morgan fingerprint density at radius 1 is 0.800 bits per heavy atom. The lowest BCUT2D eigenvalue weighted by molar-refractivity contribution is 0.0194. The molecule has 0 aliphatic heterocycles. The molecule has 2 aliphatic rings. The van der Waals surface area contributed by atoms with Crippen LogP contribution in [-0.4, -0.2) is 16.0 Å². The molecular weight excluding hydrogens is 252 g/mol. The number of rotatable bonds is 2. The van der Waals surface area contributed by atoms with Gasteiger partial charge in [0, 0.05) is 4.83 Å². The molecule has 88 valence electrons. The van der Waals surface area contributed by atoms with Crippen molar-refractivity contribution < 1.29 is 5.11 Å². The molecule has 0 aromatic carbocycles. The standard InChI is InChI=1S/C13H23BrO/c14-12-8-6-11(7-9-12)13(15)10-4-2-1-3-5-10/h10-13,15H,1-9H2. The van der Waals surface area contributed by atoms with Crippen molar-refractivity contribution in [2.45, 2.75) is 68.7 Å². The Balaban J connectivity index is 1.81. The van der Waals surface area contributed by atoms with Crippen molar-refractivity contribution in [2.75, 3.05) is 0 Å². The second-order valence-corrected chi connectivity index (χ2v) is 6.70. The highest BCUT2D eigenvalue weighted by Crippen LogP contribution is 2.37. The van der Waals surface area contributed by atoms with Crippen LogP contribution in [0.3, 0.4) is 0 Å². The largest absolute Gasteiger partial charge is 0.393 e. The summed E-state index contributed by atoms with van der Waals surface area (Å²) in [5, 5.41) is 10.4. The summed E-state index contributed by atoms with van der Waals surface area (Å²) in [6.45, 7) is 0. The summed E-state index contributed by atoms with van der Waals surface area (Å²) in [4.78, 5) is 0.715. The van der Waals surface area contributed by atoms with E-state index in [0.29, 0.717) is 16.7 Å². The highest BCUT2D eigenvalue weighted by Gasteiger charge is 2.31. The molecule has 0 heterocycles. The number of hydrogen-bond acceptors (Lipinski definition) is 1. The van der Waals surface area contributed by atoms with Crippen molar-refractivity contribution in [2.24, 2.45) is 11.8 Å². The first-order chi connectivity index (χ1) is 7.27. The van der Waals surface area contributed by atoms with Gasteiger partial charge in [0.05, 0.1) is 6.10 Å². The molecule has 15 heavy (non-hydrogen) atoms. The Labute approximate surface area is 102 Å². The summed E-state index contributed by atoms with van der Waals surface area (Å²) in [7, 11) is 0. The lowest BCUT2D eigenvalue weighted by atomic mass is 9.75. The van der Waals surface area contributed by atoms with Crippen LogP contribution in [0.15, 0.2) is 0 Å². The highest BCUT2D eigenvalue weighted by molar-refractivity contribution is 9.09. The molecule has 2 heteroatoms. The Bertz CT molecular complexity index is 181. The maximum atomic E-state index is 10.4. The first-order valence-electron chi connectivity index (χ1n) is 6.59. The van der Waals surface area contributed by atoms with Crippen LogP contribution in [-0.2, 0) is 0 Å². The fourth-order valence-corrected chi connectivity index (χ4v) is 3.81. The van der Waals surface area contributed by atoms with Crippen LogP contribution in [0.4, 0.5) is 0 Å². The maximum Gasteiger partial charge on any atom is 0.0596 e. The van der Waals surface area contributed by atoms with Crippen molar-refractivity contribution in [3.63, 3.8) is 0 Å². The molecular formula is C13H23BrO. The van der Waals surface area contributed by atoms with Gasteiger partial charge in [-0.2, -0.15) is 0 Å². The minimum Gasteiger partial charge on any atom is -0.393 e. The van der Waals surface area contributed by atoms with Gasteiger partial charge in [-0.3, -0.25) is 0 Å². The van der Waals surface area contributed by atoms with Crippen molar-refractivity contribution in [1.82, 2.24) is 0 Å². The molecule has 0 aromatic heterocycles. The maximum absolute atomic E-state index is 10.4. The van der Waals surface area contributed by atoms with Crippen LogP contribution < -0.4 is 0 Å². The van der Waals surface area contributed by atoms with E-state index in [2.05, 4.69) is 15.9 Å². The highest BCUT2D eigenvalue weighted by atomic mass is 79.9. The van der Waals surface area contributed by atoms with Gasteiger partial charge in [-0.1, -0.05) is 35.2 Å². The zero-order valence-electron chi connectivity index (χ0n) is 9.50. The average Bonchev–Trinajstić information content (AvgIpc) is 2.30. The fraction of sp³-hybridized carbons (Fsp3) is 1.00. The van der Waals surface area contributed by atoms with E-state index in [1.54, 1.807) is 0 Å². The van der Waals surface area contributed by atoms with E-state index in [0.717, 1.165) is 0 Å². The molecule has 2 saturated carbocycles. The zero-order valence-corrected chi connectivity index (χ0v) is 11.1. The van der Waals surface area contributed by atoms with E-state index in [1.165, 1.54) is 57.8 Å². The van der Waals surface area contributed by atoms with Crippen LogP contribution in [0.2, 0.25) is 0 Å². The smallest absolute Gasteiger partial charge is 0.0596 e. The molecule has 0 bridgehead atoms. The Morgan fingerprint density at radius 2 is 1.33 bits per heavy atom. The summed E-state index contributed by atoms with van der Waals surface area (Å²) >= 11 is 3.68. The van der Waals surface area contributed by atoms with Crippen molar-refractivity contribution >= 4 is 15.9 Å². The summed E-state index contributed by atoms with van der Waals surface area (Å²) < 4.78 is 0. The third-order valence-corrected chi connectivity index (χ3v) is 5.23. The molecule has 1 atom stereocenters. The predicted molar refractivity (Wildman–Crippen MR) is 67.3 cm³/mol. The second-order valence-electron chi connectivity index (χ2n) is 5.40. The van der Waals surface area contributed by atoms with E-state index < -0.39 is 0 Å². The minimum atomic E-state index is 0.00491. The molecule has 1 N–H and O–H groups in total. The van der Waals surface area contributed by atoms with Gasteiger partial charge >= 0.3 is 0 Å². The molecule has 1 unspecified atom stereocenters. The quantitative estimate of drug-likeness (QED) is 0.758. The van der Waals surface area contributed by atoms with Gasteiger partial charge < -0.3 is 5.11 Å². The predicted octanol–water partition coefficient (Wildman–Crippen LogP) is 3.88. The SMILES string of the molecule is OC(C1CCCCC1)C1CCC(Br)CC1. The van der Waals surface area contributed by atoms with Gasteiger partial charge in [0.25, 0.3) is 0 Å². The summed E-state index contributed by atoms with van der Waals surface area (Å²) in [5.74, 6) is 1.22. The molecule has 0 amide bonds. The van der Waals surface area contributed by atoms with Crippen LogP contribution in [0.5, 0.6) is 0 Å². The molecule has 0 radical (unpaired) electrons. The lowest BCUT2D eigenvalue weighted by Gasteiger charge is -2.35. The number of aliphatic hydroxyl groups excluding tert-OH is 1. The van der Waals surface area contributed by atoms with Gasteiger partial charge in [-0.15, -0.1) is 0 Å². The topological polar surface area (TPSA) is 20.2 Å². The van der Waals surface area contributed by atoms with Crippen LogP contribution >= 0.6 is 15.9 Å². The van der Waals surface area contributed by atoms with Crippen molar-refractivity contribution in [3.05, 3.63) is 0 Å². The van der Waals surface area contributed by atoms with E-state index in [-0.39, 0.29) is 6.10 Å². The molecule has 0 aromatic rings. The van der Waals surface area contributed by atoms with E-state index in [1.807, 2.05) is 0 Å². The van der Waals surface area contributed by atoms with Gasteiger partial charge in [0.2, 0.25) is 0 Å². The lowest BCUT2D eigenvalue weighted by Crippen LogP contribution is -2.33. The van der Waals surface area contributed by atoms with Crippen LogP contribution in [0.25, 0.3) is 0 Å². The monoisotopic (exact) mass is 274 g/mol. The first-order valence-corrected chi connectivity index (χ1v) is 7.51. The number of halogens is 1. The van der Waals surface area contributed by atoms with Gasteiger partial charge in [0.15, 0.2) is 0 Å². The number of alkyl halides is 1. The molecule has 0 spiro atoms. The number of hydrogen-bond donors (Lipinski definition) is 1. The Kier molecular flexibility index (Phi) is 4.51. The zero-order chi connectivity index (χ0) is 10.7. The molecule has 2 rings (SSSR count). The third-order valence-electron chi connectivity index (χ3n) is 4.32. The van der Waals surface area contributed by atoms with E-state index in [4.69, 9.17) is 0 Å². The van der Waals surface area contributed by atoms with Crippen LogP contribution in [0, 0.1) is 11.8 Å². The normalized spacial score (nSPS) is 36.4. The van der Waals surface area contributed by atoms with Gasteiger partial charge in [0.1, 0.15) is 0 Å². The fourth-order valence-electron chi connectivity index (χ4n) is 3.28. The van der Waals surface area contributed by atoms with Gasteiger partial charge in [-0.25, -0.2) is 0 Å². The molecule has 2 fully saturated rings. The summed E-state index contributed by atoms with van der Waals surface area (Å²) in [5.41, 5.74) is 0. The molecule has 0 saturated heterocycles. The van der Waals surface area contributed by atoms with Crippen molar-refractivity contribution in [1.29, 1.82) is 0 Å². The van der Waals surface area contributed by atoms with E-state index >= 15 is 0 Å². The second kappa shape index (κ2) is 5.67. The third kappa shape index (κ3) is 3.20. The van der Waals surface area contributed by atoms with Gasteiger partial charge in [-0.05, 0) is 50.4 Å². The summed E-state index contributed by atoms with van der Waals surface area (Å²) in [6, 6.07) is 0. The number of aliphatic hydroxyl groups is 1. The Morgan fingerprint density at radius 3 is 1.93 bits per heavy atom. The minimum absolute atomic E-state index is 0.00491. The van der Waals surface area contributed by atoms with Crippen molar-refractivity contribution in [3.8, 4) is 0 Å². The summed E-state index contributed by atoms with van der Waals surface area (Å²) in [6.07, 6.45) is 11.6. The molecule has 1 nitrogen and oxygen atoms in total. The average molecular weight is 275 g/mol. The Hall–Kier alpha value is 0.440. The molecule has 2 aliphatic carbocycles.